The summed E-state index contributed by atoms with van der Waals surface area (Å²) in [5.41, 5.74) is -0.690. The van der Waals surface area contributed by atoms with Crippen LogP contribution in [0.4, 0.5) is 13.2 Å². The van der Waals surface area contributed by atoms with Crippen molar-refractivity contribution in [2.75, 3.05) is 7.11 Å². The minimum absolute atomic E-state index is 0.152. The molecule has 0 aliphatic carbocycles. The molecule has 0 amide bonds. The first-order valence-corrected chi connectivity index (χ1v) is 4.94. The number of esters is 1. The smallest absolute Gasteiger partial charge is 0.310 e. The molecule has 0 aromatic carbocycles. The molecule has 88 valence electrons. The summed E-state index contributed by atoms with van der Waals surface area (Å²) in [5, 5.41) is 0. The second-order valence-electron chi connectivity index (χ2n) is 2.85. The number of ether oxygens (including phenoxy) is 1. The van der Waals surface area contributed by atoms with Gasteiger partial charge in [0.1, 0.15) is 0 Å². The van der Waals surface area contributed by atoms with Crippen molar-refractivity contribution in [1.82, 2.24) is 4.98 Å². The number of nitrogens with zero attached hydrogens (tertiary/aromatic N) is 1. The van der Waals surface area contributed by atoms with Gasteiger partial charge in [0.25, 0.3) is 6.43 Å². The molecule has 0 radical (unpaired) electrons. The zero-order valence-electron chi connectivity index (χ0n) is 8.14. The topological polar surface area (TPSA) is 39.2 Å². The number of halogens is 4. The van der Waals surface area contributed by atoms with Gasteiger partial charge in [0.2, 0.25) is 5.95 Å². The van der Waals surface area contributed by atoms with Gasteiger partial charge in [0.15, 0.2) is 0 Å². The number of aromatic nitrogens is 1. The largest absolute Gasteiger partial charge is 0.469 e. The van der Waals surface area contributed by atoms with Crippen LogP contribution in [0.1, 0.15) is 17.6 Å². The number of hydrogen-bond acceptors (Lipinski definition) is 3. The molecule has 7 heteroatoms. The summed E-state index contributed by atoms with van der Waals surface area (Å²) in [4.78, 5) is 14.1. The van der Waals surface area contributed by atoms with E-state index in [9.17, 15) is 18.0 Å². The molecule has 0 saturated heterocycles. The molecule has 0 atom stereocenters. The number of rotatable bonds is 3. The lowest BCUT2D eigenvalue weighted by Crippen LogP contribution is -2.09. The van der Waals surface area contributed by atoms with Crippen LogP contribution in [0.15, 0.2) is 10.7 Å². The van der Waals surface area contributed by atoms with Crippen LogP contribution >= 0.6 is 15.9 Å². The maximum absolute atomic E-state index is 13.2. The van der Waals surface area contributed by atoms with E-state index >= 15 is 0 Å². The molecule has 16 heavy (non-hydrogen) atoms. The highest BCUT2D eigenvalue weighted by Crippen LogP contribution is 2.30. The van der Waals surface area contributed by atoms with Crippen LogP contribution in [-0.4, -0.2) is 18.1 Å². The first-order chi connectivity index (χ1) is 7.47. The van der Waals surface area contributed by atoms with Gasteiger partial charge in [-0.1, -0.05) is 0 Å². The Morgan fingerprint density at radius 3 is 2.75 bits per heavy atom. The lowest BCUT2D eigenvalue weighted by Gasteiger charge is -2.08. The van der Waals surface area contributed by atoms with Crippen molar-refractivity contribution in [3.8, 4) is 0 Å². The average Bonchev–Trinajstić information content (AvgIpc) is 2.23. The van der Waals surface area contributed by atoms with Gasteiger partial charge in [0, 0.05) is 16.2 Å². The Morgan fingerprint density at radius 1 is 1.62 bits per heavy atom. The molecule has 1 rings (SSSR count). The van der Waals surface area contributed by atoms with Crippen molar-refractivity contribution < 1.29 is 22.7 Å². The van der Waals surface area contributed by atoms with Crippen LogP contribution in [0.2, 0.25) is 0 Å². The van der Waals surface area contributed by atoms with Crippen molar-refractivity contribution in [3.05, 3.63) is 27.7 Å². The lowest BCUT2D eigenvalue weighted by atomic mass is 10.1. The van der Waals surface area contributed by atoms with E-state index in [4.69, 9.17) is 0 Å². The molecule has 1 aromatic rings. The van der Waals surface area contributed by atoms with E-state index in [0.717, 1.165) is 13.3 Å². The van der Waals surface area contributed by atoms with Crippen LogP contribution in [-0.2, 0) is 16.0 Å². The van der Waals surface area contributed by atoms with E-state index in [-0.39, 0.29) is 10.0 Å². The SMILES string of the molecule is COC(=O)Cc1c(F)ncc(C(F)F)c1Br. The number of pyridine rings is 1. The number of carbonyl (C=O) groups is 1. The summed E-state index contributed by atoms with van der Waals surface area (Å²) in [6.07, 6.45) is -2.51. The molecule has 0 spiro atoms. The van der Waals surface area contributed by atoms with Crippen molar-refractivity contribution in [2.45, 2.75) is 12.8 Å². The third-order valence-electron chi connectivity index (χ3n) is 1.87. The summed E-state index contributed by atoms with van der Waals surface area (Å²) >= 11 is 2.82. The van der Waals surface area contributed by atoms with E-state index in [2.05, 4.69) is 25.7 Å². The predicted molar refractivity (Wildman–Crippen MR) is 52.6 cm³/mol. The highest BCUT2D eigenvalue weighted by atomic mass is 79.9. The van der Waals surface area contributed by atoms with Gasteiger partial charge in [-0.15, -0.1) is 0 Å². The third kappa shape index (κ3) is 2.72. The molecule has 0 unspecified atom stereocenters. The Balaban J connectivity index is 3.16. The summed E-state index contributed by atoms with van der Waals surface area (Å²) in [6, 6.07) is 0. The Bertz CT molecular complexity index is 412. The predicted octanol–water partition coefficient (Wildman–Crippen LogP) is 2.64. The summed E-state index contributed by atoms with van der Waals surface area (Å²) in [6.45, 7) is 0. The van der Waals surface area contributed by atoms with E-state index in [1.54, 1.807) is 0 Å². The molecule has 0 fully saturated rings. The van der Waals surface area contributed by atoms with Crippen molar-refractivity contribution in [2.24, 2.45) is 0 Å². The molecular formula is C9H7BrF3NO2. The summed E-state index contributed by atoms with van der Waals surface area (Å²) in [7, 11) is 1.12. The van der Waals surface area contributed by atoms with E-state index in [0.29, 0.717) is 0 Å². The van der Waals surface area contributed by atoms with Crippen LogP contribution in [0.25, 0.3) is 0 Å². The molecule has 0 N–H and O–H groups in total. The van der Waals surface area contributed by atoms with Gasteiger partial charge >= 0.3 is 5.97 Å². The van der Waals surface area contributed by atoms with Crippen molar-refractivity contribution in [3.63, 3.8) is 0 Å². The van der Waals surface area contributed by atoms with E-state index < -0.39 is 30.3 Å². The number of alkyl halides is 2. The van der Waals surface area contributed by atoms with E-state index in [1.165, 1.54) is 0 Å². The second kappa shape index (κ2) is 5.29. The van der Waals surface area contributed by atoms with Gasteiger partial charge in [-0.05, 0) is 15.9 Å². The van der Waals surface area contributed by atoms with Crippen LogP contribution in [0, 0.1) is 5.95 Å². The molecule has 0 saturated carbocycles. The molecule has 0 aliphatic heterocycles. The van der Waals surface area contributed by atoms with Gasteiger partial charge < -0.3 is 4.74 Å². The fourth-order valence-electron chi connectivity index (χ4n) is 1.04. The van der Waals surface area contributed by atoms with Crippen LogP contribution < -0.4 is 0 Å². The van der Waals surface area contributed by atoms with E-state index in [1.807, 2.05) is 0 Å². The number of carbonyl (C=O) groups excluding carboxylic acids is 1. The zero-order chi connectivity index (χ0) is 12.3. The Labute approximate surface area is 97.8 Å². The Kier molecular flexibility index (Phi) is 4.28. The third-order valence-corrected chi connectivity index (χ3v) is 2.80. The first kappa shape index (κ1) is 13.0. The quantitative estimate of drug-likeness (QED) is 0.636. The fourth-order valence-corrected chi connectivity index (χ4v) is 1.62. The molecule has 1 heterocycles. The first-order valence-electron chi connectivity index (χ1n) is 4.15. The fraction of sp³-hybridized carbons (Fsp3) is 0.333. The number of methoxy groups -OCH3 is 1. The molecule has 0 aliphatic rings. The molecule has 3 nitrogen and oxygen atoms in total. The Morgan fingerprint density at radius 2 is 2.25 bits per heavy atom. The minimum atomic E-state index is -2.79. The summed E-state index contributed by atoms with van der Waals surface area (Å²) < 4.78 is 42.3. The number of hydrogen-bond donors (Lipinski definition) is 0. The van der Waals surface area contributed by atoms with Gasteiger partial charge in [-0.2, -0.15) is 4.39 Å². The highest BCUT2D eigenvalue weighted by molar-refractivity contribution is 9.10. The highest BCUT2D eigenvalue weighted by Gasteiger charge is 2.20. The van der Waals surface area contributed by atoms with Crippen molar-refractivity contribution in [1.29, 1.82) is 0 Å². The van der Waals surface area contributed by atoms with Crippen LogP contribution in [0.3, 0.4) is 0 Å². The van der Waals surface area contributed by atoms with Gasteiger partial charge in [-0.25, -0.2) is 13.8 Å². The normalized spacial score (nSPS) is 10.6. The molecular weight excluding hydrogens is 291 g/mol. The second-order valence-corrected chi connectivity index (χ2v) is 3.64. The Hall–Kier alpha value is -1.11. The van der Waals surface area contributed by atoms with Crippen LogP contribution in [0.5, 0.6) is 0 Å². The maximum atomic E-state index is 13.2. The monoisotopic (exact) mass is 297 g/mol. The maximum Gasteiger partial charge on any atom is 0.310 e. The standard InChI is InChI=1S/C9H7BrF3NO2/c1-16-6(15)2-4-7(10)5(8(11)12)3-14-9(4)13/h3,8H,2H2,1H3. The lowest BCUT2D eigenvalue weighted by molar-refractivity contribution is -0.139. The minimum Gasteiger partial charge on any atom is -0.469 e. The average molecular weight is 298 g/mol. The van der Waals surface area contributed by atoms with Gasteiger partial charge in [-0.3, -0.25) is 4.79 Å². The molecule has 1 aromatic heterocycles. The van der Waals surface area contributed by atoms with Crippen molar-refractivity contribution >= 4 is 21.9 Å². The molecule has 0 bridgehead atoms. The zero-order valence-corrected chi connectivity index (χ0v) is 9.72. The van der Waals surface area contributed by atoms with Gasteiger partial charge in [0.05, 0.1) is 19.1 Å². The summed E-state index contributed by atoms with van der Waals surface area (Å²) in [5.74, 6) is -1.70.